The van der Waals surface area contributed by atoms with E-state index < -0.39 is 0 Å². The summed E-state index contributed by atoms with van der Waals surface area (Å²) < 4.78 is 6.49. The first-order valence-electron chi connectivity index (χ1n) is 8.34. The Morgan fingerprint density at radius 3 is 2.80 bits per heavy atom. The Bertz CT molecular complexity index is 837. The summed E-state index contributed by atoms with van der Waals surface area (Å²) in [4.78, 5) is 19.8. The average molecular weight is 353 g/mol. The Kier molecular flexibility index (Phi) is 4.63. The first kappa shape index (κ1) is 16.1. The summed E-state index contributed by atoms with van der Waals surface area (Å²) in [7, 11) is 0. The van der Waals surface area contributed by atoms with Gasteiger partial charge in [-0.15, -0.1) is 11.3 Å². The molecule has 0 unspecified atom stereocenters. The molecule has 3 aromatic rings. The Morgan fingerprint density at radius 2 is 2.04 bits per heavy atom. The normalized spacial score (nSPS) is 14.6. The van der Waals surface area contributed by atoms with Crippen LogP contribution in [-0.2, 0) is 11.3 Å². The van der Waals surface area contributed by atoms with Crippen LogP contribution in [0.5, 0.6) is 0 Å². The molecule has 0 atom stereocenters. The first-order chi connectivity index (χ1) is 12.3. The number of hydrogen-bond acceptors (Lipinski definition) is 5. The third-order valence-electron chi connectivity index (χ3n) is 4.25. The topological polar surface area (TPSA) is 54.5 Å². The number of thiophene rings is 1. The fraction of sp³-hybridized carbons (Fsp3) is 0.263. The van der Waals surface area contributed by atoms with Crippen molar-refractivity contribution in [1.29, 1.82) is 0 Å². The zero-order valence-corrected chi connectivity index (χ0v) is 14.6. The highest BCUT2D eigenvalue weighted by Crippen LogP contribution is 2.25. The smallest absolute Gasteiger partial charge is 0.261 e. The standard InChI is InChI=1S/C19H19N3O2S/c23-19(17-11-15-3-1-2-4-16(15)25-17)21-13-14-5-6-18(20-12-14)22-7-9-24-10-8-22/h1-6,11-12H,7-10,13H2,(H,21,23). The molecule has 0 bridgehead atoms. The van der Waals surface area contributed by atoms with Gasteiger partial charge in [0.25, 0.3) is 5.91 Å². The summed E-state index contributed by atoms with van der Waals surface area (Å²) in [5.74, 6) is 0.918. The van der Waals surface area contributed by atoms with E-state index in [4.69, 9.17) is 4.74 Å². The lowest BCUT2D eigenvalue weighted by molar-refractivity contribution is 0.0955. The number of rotatable bonds is 4. The number of pyridine rings is 1. The van der Waals surface area contributed by atoms with E-state index in [1.807, 2.05) is 48.7 Å². The van der Waals surface area contributed by atoms with E-state index in [9.17, 15) is 4.79 Å². The number of morpholine rings is 1. The molecule has 0 saturated carbocycles. The number of carbonyl (C=O) groups excluding carboxylic acids is 1. The summed E-state index contributed by atoms with van der Waals surface area (Å²) >= 11 is 1.52. The summed E-state index contributed by atoms with van der Waals surface area (Å²) in [6.45, 7) is 3.71. The molecule has 0 spiro atoms. The largest absolute Gasteiger partial charge is 0.378 e. The van der Waals surface area contributed by atoms with Crippen LogP contribution in [0.3, 0.4) is 0 Å². The quantitative estimate of drug-likeness (QED) is 0.783. The molecule has 1 aliphatic rings. The zero-order valence-electron chi connectivity index (χ0n) is 13.8. The first-order valence-corrected chi connectivity index (χ1v) is 9.16. The minimum Gasteiger partial charge on any atom is -0.378 e. The van der Waals surface area contributed by atoms with Gasteiger partial charge in [-0.1, -0.05) is 24.3 Å². The molecule has 6 heteroatoms. The van der Waals surface area contributed by atoms with Crippen LogP contribution >= 0.6 is 11.3 Å². The van der Waals surface area contributed by atoms with Crippen molar-refractivity contribution >= 4 is 33.1 Å². The van der Waals surface area contributed by atoms with Crippen LogP contribution in [-0.4, -0.2) is 37.2 Å². The molecule has 25 heavy (non-hydrogen) atoms. The van der Waals surface area contributed by atoms with Gasteiger partial charge in [0.2, 0.25) is 0 Å². The number of benzene rings is 1. The van der Waals surface area contributed by atoms with E-state index in [0.717, 1.165) is 52.6 Å². The van der Waals surface area contributed by atoms with Crippen LogP contribution in [0, 0.1) is 0 Å². The maximum Gasteiger partial charge on any atom is 0.261 e. The summed E-state index contributed by atoms with van der Waals surface area (Å²) in [6.07, 6.45) is 1.83. The SMILES string of the molecule is O=C(NCc1ccc(N2CCOCC2)nc1)c1cc2ccccc2s1. The van der Waals surface area contributed by atoms with Crippen LogP contribution < -0.4 is 10.2 Å². The van der Waals surface area contributed by atoms with Gasteiger partial charge in [0, 0.05) is 30.5 Å². The second-order valence-corrected chi connectivity index (χ2v) is 7.04. The fourth-order valence-electron chi connectivity index (χ4n) is 2.86. The maximum absolute atomic E-state index is 12.4. The third-order valence-corrected chi connectivity index (χ3v) is 5.36. The Labute approximate surface area is 150 Å². The number of aromatic nitrogens is 1. The number of nitrogens with one attached hydrogen (secondary N) is 1. The van der Waals surface area contributed by atoms with Gasteiger partial charge in [0.05, 0.1) is 18.1 Å². The van der Waals surface area contributed by atoms with Crippen LogP contribution in [0.4, 0.5) is 5.82 Å². The number of ether oxygens (including phenoxy) is 1. The number of hydrogen-bond donors (Lipinski definition) is 1. The molecular formula is C19H19N3O2S. The molecule has 3 heterocycles. The van der Waals surface area contributed by atoms with Crippen LogP contribution in [0.1, 0.15) is 15.2 Å². The number of carbonyl (C=O) groups is 1. The van der Waals surface area contributed by atoms with Crippen molar-refractivity contribution in [1.82, 2.24) is 10.3 Å². The minimum absolute atomic E-state index is 0.0431. The molecule has 1 aliphatic heterocycles. The van der Waals surface area contributed by atoms with Gasteiger partial charge >= 0.3 is 0 Å². The molecule has 0 aliphatic carbocycles. The van der Waals surface area contributed by atoms with E-state index in [0.29, 0.717) is 6.54 Å². The molecule has 5 nitrogen and oxygen atoms in total. The highest BCUT2D eigenvalue weighted by molar-refractivity contribution is 7.20. The van der Waals surface area contributed by atoms with Crippen molar-refractivity contribution in [3.05, 3.63) is 59.1 Å². The molecular weight excluding hydrogens is 334 g/mol. The lowest BCUT2D eigenvalue weighted by Gasteiger charge is -2.27. The predicted molar refractivity (Wildman–Crippen MR) is 100 cm³/mol. The fourth-order valence-corrected chi connectivity index (χ4v) is 3.84. The van der Waals surface area contributed by atoms with Crippen LogP contribution in [0.2, 0.25) is 0 Å². The lowest BCUT2D eigenvalue weighted by atomic mass is 10.2. The second kappa shape index (κ2) is 7.21. The van der Waals surface area contributed by atoms with E-state index in [2.05, 4.69) is 15.2 Å². The van der Waals surface area contributed by atoms with E-state index in [-0.39, 0.29) is 5.91 Å². The summed E-state index contributed by atoms with van der Waals surface area (Å²) in [5, 5.41) is 4.08. The maximum atomic E-state index is 12.4. The van der Waals surface area contributed by atoms with Crippen molar-refractivity contribution in [2.75, 3.05) is 31.2 Å². The van der Waals surface area contributed by atoms with Crippen LogP contribution in [0.15, 0.2) is 48.7 Å². The molecule has 2 aromatic heterocycles. The number of amides is 1. The van der Waals surface area contributed by atoms with Gasteiger partial charge in [0.1, 0.15) is 5.82 Å². The zero-order chi connectivity index (χ0) is 17.1. The Hall–Kier alpha value is -2.44. The van der Waals surface area contributed by atoms with Gasteiger partial charge in [-0.25, -0.2) is 4.98 Å². The van der Waals surface area contributed by atoms with E-state index in [1.165, 1.54) is 11.3 Å². The van der Waals surface area contributed by atoms with Crippen molar-refractivity contribution < 1.29 is 9.53 Å². The molecule has 128 valence electrons. The Morgan fingerprint density at radius 1 is 1.20 bits per heavy atom. The average Bonchev–Trinajstić information content (AvgIpc) is 3.11. The van der Waals surface area contributed by atoms with Gasteiger partial charge in [-0.3, -0.25) is 4.79 Å². The second-order valence-electron chi connectivity index (χ2n) is 5.96. The highest BCUT2D eigenvalue weighted by Gasteiger charge is 2.13. The predicted octanol–water partition coefficient (Wildman–Crippen LogP) is 3.06. The molecule has 0 radical (unpaired) electrons. The van der Waals surface area contributed by atoms with Gasteiger partial charge in [0.15, 0.2) is 0 Å². The number of fused-ring (bicyclic) bond motifs is 1. The highest BCUT2D eigenvalue weighted by atomic mass is 32.1. The van der Waals surface area contributed by atoms with Crippen molar-refractivity contribution in [2.24, 2.45) is 0 Å². The Balaban J connectivity index is 1.38. The van der Waals surface area contributed by atoms with Crippen LogP contribution in [0.25, 0.3) is 10.1 Å². The van der Waals surface area contributed by atoms with Crippen molar-refractivity contribution in [2.45, 2.75) is 6.54 Å². The van der Waals surface area contributed by atoms with Gasteiger partial charge in [-0.05, 0) is 29.1 Å². The summed E-state index contributed by atoms with van der Waals surface area (Å²) in [5.41, 5.74) is 0.992. The lowest BCUT2D eigenvalue weighted by Crippen LogP contribution is -2.36. The molecule has 1 aromatic carbocycles. The van der Waals surface area contributed by atoms with Crippen molar-refractivity contribution in [3.8, 4) is 0 Å². The number of nitrogens with zero attached hydrogens (tertiary/aromatic N) is 2. The molecule has 1 amide bonds. The third kappa shape index (κ3) is 3.65. The molecule has 4 rings (SSSR count). The molecule has 1 N–H and O–H groups in total. The van der Waals surface area contributed by atoms with E-state index in [1.54, 1.807) is 0 Å². The molecule has 1 saturated heterocycles. The number of anilines is 1. The summed E-state index contributed by atoms with van der Waals surface area (Å²) in [6, 6.07) is 14.0. The van der Waals surface area contributed by atoms with Crippen molar-refractivity contribution in [3.63, 3.8) is 0 Å². The molecule has 1 fully saturated rings. The van der Waals surface area contributed by atoms with Gasteiger partial charge in [-0.2, -0.15) is 0 Å². The van der Waals surface area contributed by atoms with E-state index >= 15 is 0 Å². The monoisotopic (exact) mass is 353 g/mol. The van der Waals surface area contributed by atoms with Gasteiger partial charge < -0.3 is 15.0 Å². The minimum atomic E-state index is -0.0431.